The molecule has 1 aromatic heterocycles. The molecule has 2 N–H and O–H groups in total. The van der Waals surface area contributed by atoms with E-state index in [0.29, 0.717) is 5.92 Å². The number of alkyl halides is 3. The van der Waals surface area contributed by atoms with Gasteiger partial charge < -0.3 is 10.4 Å². The van der Waals surface area contributed by atoms with Crippen LogP contribution in [-0.4, -0.2) is 39.1 Å². The molecule has 2 atom stereocenters. The highest BCUT2D eigenvalue weighted by molar-refractivity contribution is 5.92. The van der Waals surface area contributed by atoms with Gasteiger partial charge in [-0.25, -0.2) is 0 Å². The summed E-state index contributed by atoms with van der Waals surface area (Å²) in [6, 6.07) is 0.184. The number of hydrogen-bond donors (Lipinski definition) is 2. The minimum absolute atomic E-state index is 0.0735. The lowest BCUT2D eigenvalue weighted by Gasteiger charge is -2.28. The Morgan fingerprint density at radius 3 is 2.50 bits per heavy atom. The Hall–Kier alpha value is -1.57. The first-order valence-electron chi connectivity index (χ1n) is 7.20. The van der Waals surface area contributed by atoms with Gasteiger partial charge >= 0.3 is 6.18 Å². The quantitative estimate of drug-likeness (QED) is 0.872. The monoisotopic (exact) mass is 319 g/mol. The Bertz CT molecular complexity index is 550. The predicted octanol–water partition coefficient (Wildman–Crippen LogP) is 1.98. The van der Waals surface area contributed by atoms with Gasteiger partial charge in [0.1, 0.15) is 5.69 Å². The van der Waals surface area contributed by atoms with Crippen molar-refractivity contribution in [2.24, 2.45) is 13.0 Å². The third-order valence-corrected chi connectivity index (χ3v) is 3.84. The number of carbonyl (C=O) groups excluding carboxylic acids is 1. The molecule has 1 aliphatic carbocycles. The highest BCUT2D eigenvalue weighted by Crippen LogP contribution is 2.39. The third kappa shape index (κ3) is 3.60. The number of nitrogens with zero attached hydrogens (tertiary/aromatic N) is 2. The molecule has 124 valence electrons. The molecule has 1 saturated carbocycles. The van der Waals surface area contributed by atoms with E-state index in [1.165, 1.54) is 13.8 Å². The van der Waals surface area contributed by atoms with Crippen LogP contribution in [0.15, 0.2) is 6.07 Å². The lowest BCUT2D eigenvalue weighted by atomic mass is 9.98. The summed E-state index contributed by atoms with van der Waals surface area (Å²) in [4.78, 5) is 12.1. The smallest absolute Gasteiger partial charge is 0.382 e. The first kappa shape index (κ1) is 16.8. The van der Waals surface area contributed by atoms with Crippen molar-refractivity contribution in [2.45, 2.75) is 50.9 Å². The predicted molar refractivity (Wildman–Crippen MR) is 73.3 cm³/mol. The number of amides is 1. The minimum Gasteiger partial charge on any atom is -0.382 e. The molecule has 1 heterocycles. The average Bonchev–Trinajstić information content (AvgIpc) is 3.16. The van der Waals surface area contributed by atoms with E-state index in [9.17, 15) is 23.1 Å². The molecule has 2 rings (SSSR count). The molecular formula is C14H20F3N3O2. The molecule has 5 nitrogen and oxygen atoms in total. The highest BCUT2D eigenvalue weighted by atomic mass is 19.4. The summed E-state index contributed by atoms with van der Waals surface area (Å²) in [5, 5.41) is 15.7. The number of aryl methyl sites for hydroxylation is 1. The van der Waals surface area contributed by atoms with Crippen LogP contribution < -0.4 is 5.32 Å². The zero-order valence-electron chi connectivity index (χ0n) is 12.7. The molecule has 0 aromatic carbocycles. The van der Waals surface area contributed by atoms with E-state index < -0.39 is 30.1 Å². The second kappa shape index (κ2) is 5.91. The van der Waals surface area contributed by atoms with Gasteiger partial charge in [0.2, 0.25) is 0 Å². The van der Waals surface area contributed by atoms with Crippen molar-refractivity contribution >= 4 is 5.91 Å². The first-order valence-corrected chi connectivity index (χ1v) is 7.20. The molecular weight excluding hydrogens is 299 g/mol. The number of aromatic nitrogens is 2. The van der Waals surface area contributed by atoms with Crippen LogP contribution in [0.25, 0.3) is 0 Å². The van der Waals surface area contributed by atoms with Crippen LogP contribution in [0.4, 0.5) is 13.2 Å². The van der Waals surface area contributed by atoms with Crippen LogP contribution >= 0.6 is 0 Å². The van der Waals surface area contributed by atoms with Gasteiger partial charge in [0.25, 0.3) is 5.91 Å². The van der Waals surface area contributed by atoms with Crippen LogP contribution in [0.3, 0.4) is 0 Å². The number of aliphatic hydroxyl groups excluding tert-OH is 1. The van der Waals surface area contributed by atoms with Crippen LogP contribution in [0.2, 0.25) is 0 Å². The number of nitrogens with one attached hydrogen (secondary N) is 1. The fourth-order valence-electron chi connectivity index (χ4n) is 2.39. The minimum atomic E-state index is -4.79. The van der Waals surface area contributed by atoms with Crippen molar-refractivity contribution in [1.82, 2.24) is 15.1 Å². The van der Waals surface area contributed by atoms with Gasteiger partial charge in [0, 0.05) is 18.7 Å². The largest absolute Gasteiger partial charge is 0.416 e. The second-order valence-corrected chi connectivity index (χ2v) is 6.08. The molecule has 1 amide bonds. The van der Waals surface area contributed by atoms with Gasteiger partial charge in [-0.05, 0) is 24.8 Å². The summed E-state index contributed by atoms with van der Waals surface area (Å²) in [7, 11) is 1.70. The van der Waals surface area contributed by atoms with E-state index in [1.54, 1.807) is 17.8 Å². The summed E-state index contributed by atoms with van der Waals surface area (Å²) >= 11 is 0. The van der Waals surface area contributed by atoms with E-state index >= 15 is 0 Å². The molecule has 0 radical (unpaired) electrons. The van der Waals surface area contributed by atoms with Gasteiger partial charge in [-0.3, -0.25) is 9.48 Å². The van der Waals surface area contributed by atoms with Crippen molar-refractivity contribution in [2.75, 3.05) is 0 Å². The fourth-order valence-corrected chi connectivity index (χ4v) is 2.39. The molecule has 22 heavy (non-hydrogen) atoms. The number of aliphatic hydroxyl groups is 1. The lowest BCUT2D eigenvalue weighted by Crippen LogP contribution is -2.52. The van der Waals surface area contributed by atoms with Crippen LogP contribution in [0, 0.1) is 5.92 Å². The average molecular weight is 319 g/mol. The Kier molecular flexibility index (Phi) is 4.51. The van der Waals surface area contributed by atoms with Crippen LogP contribution in [0.5, 0.6) is 0 Å². The van der Waals surface area contributed by atoms with Crippen molar-refractivity contribution in [1.29, 1.82) is 0 Å². The van der Waals surface area contributed by atoms with Gasteiger partial charge in [-0.2, -0.15) is 18.3 Å². The maximum Gasteiger partial charge on any atom is 0.416 e. The maximum atomic E-state index is 12.7. The van der Waals surface area contributed by atoms with Gasteiger partial charge in [0.05, 0.1) is 6.04 Å². The van der Waals surface area contributed by atoms with Crippen molar-refractivity contribution in [3.63, 3.8) is 0 Å². The zero-order valence-corrected chi connectivity index (χ0v) is 12.7. The molecule has 0 aliphatic heterocycles. The van der Waals surface area contributed by atoms with E-state index in [4.69, 9.17) is 0 Å². The molecule has 0 bridgehead atoms. The second-order valence-electron chi connectivity index (χ2n) is 6.08. The summed E-state index contributed by atoms with van der Waals surface area (Å²) in [5.74, 6) is -0.905. The third-order valence-electron chi connectivity index (χ3n) is 3.84. The maximum absolute atomic E-state index is 12.7. The van der Waals surface area contributed by atoms with Crippen molar-refractivity contribution in [3.8, 4) is 0 Å². The van der Waals surface area contributed by atoms with E-state index in [-0.39, 0.29) is 5.69 Å². The van der Waals surface area contributed by atoms with Crippen LogP contribution in [0.1, 0.15) is 48.8 Å². The lowest BCUT2D eigenvalue weighted by molar-refractivity contribution is -0.214. The summed E-state index contributed by atoms with van der Waals surface area (Å²) in [6.45, 7) is 3.02. The highest BCUT2D eigenvalue weighted by Gasteiger charge is 2.45. The van der Waals surface area contributed by atoms with Crippen molar-refractivity contribution < 1.29 is 23.1 Å². The Morgan fingerprint density at radius 1 is 1.45 bits per heavy atom. The van der Waals surface area contributed by atoms with E-state index in [0.717, 1.165) is 18.5 Å². The normalized spacial score (nSPS) is 18.4. The number of hydrogen-bond acceptors (Lipinski definition) is 3. The summed E-state index contributed by atoms with van der Waals surface area (Å²) in [5.41, 5.74) is 0.979. The molecule has 8 heteroatoms. The number of carbonyl (C=O) groups is 1. The molecule has 1 aliphatic rings. The van der Waals surface area contributed by atoms with E-state index in [1.807, 2.05) is 0 Å². The van der Waals surface area contributed by atoms with Crippen molar-refractivity contribution in [3.05, 3.63) is 17.5 Å². The SMILES string of the molecule is CC(C)[C@H](NC(=O)c1cc(C2CC2)n(C)n1)[C@H](O)C(F)(F)F. The molecule has 0 spiro atoms. The molecule has 0 saturated heterocycles. The molecule has 1 fully saturated rings. The summed E-state index contributed by atoms with van der Waals surface area (Å²) < 4.78 is 39.6. The Morgan fingerprint density at radius 2 is 2.05 bits per heavy atom. The fraction of sp³-hybridized carbons (Fsp3) is 0.714. The Balaban J connectivity index is 2.12. The topological polar surface area (TPSA) is 67.2 Å². The number of halogens is 3. The number of rotatable bonds is 5. The molecule has 1 aromatic rings. The van der Waals surface area contributed by atoms with Gasteiger partial charge in [-0.1, -0.05) is 13.8 Å². The van der Waals surface area contributed by atoms with Gasteiger partial charge in [0.15, 0.2) is 6.10 Å². The van der Waals surface area contributed by atoms with E-state index in [2.05, 4.69) is 10.4 Å². The molecule has 0 unspecified atom stereocenters. The Labute approximate surface area is 126 Å². The standard InChI is InChI=1S/C14H20F3N3O2/c1-7(2)11(12(21)14(15,16)17)18-13(22)9-6-10(8-4-5-8)20(3)19-9/h6-8,11-12,21H,4-5H2,1-3H3,(H,18,22)/t11-,12-/m0/s1. The first-order chi connectivity index (χ1) is 10.1. The summed E-state index contributed by atoms with van der Waals surface area (Å²) in [6.07, 6.45) is -5.33. The zero-order chi connectivity index (χ0) is 16.7. The van der Waals surface area contributed by atoms with Gasteiger partial charge in [-0.15, -0.1) is 0 Å². The van der Waals surface area contributed by atoms with Crippen LogP contribution in [-0.2, 0) is 7.05 Å².